The lowest BCUT2D eigenvalue weighted by molar-refractivity contribution is 0.0690. The van der Waals surface area contributed by atoms with Crippen molar-refractivity contribution in [1.82, 2.24) is 0 Å². The topological polar surface area (TPSA) is 46.5 Å². The molecule has 0 saturated carbocycles. The van der Waals surface area contributed by atoms with Crippen LogP contribution in [0.15, 0.2) is 41.3 Å². The highest BCUT2D eigenvalue weighted by Gasteiger charge is 2.17. The van der Waals surface area contributed by atoms with E-state index in [1.54, 1.807) is 24.5 Å². The molecular weight excluding hydrogens is 303 g/mol. The van der Waals surface area contributed by atoms with Crippen molar-refractivity contribution in [3.63, 3.8) is 0 Å². The van der Waals surface area contributed by atoms with Crippen LogP contribution < -0.4 is 4.74 Å². The molecule has 0 amide bonds. The van der Waals surface area contributed by atoms with Crippen molar-refractivity contribution in [2.24, 2.45) is 0 Å². The van der Waals surface area contributed by atoms with Gasteiger partial charge in [-0.1, -0.05) is 17.7 Å². The van der Waals surface area contributed by atoms with Crippen molar-refractivity contribution >= 4 is 29.3 Å². The average Bonchev–Trinajstić information content (AvgIpc) is 2.42. The van der Waals surface area contributed by atoms with Gasteiger partial charge in [0, 0.05) is 11.0 Å². The van der Waals surface area contributed by atoms with Crippen LogP contribution in [-0.2, 0) is 0 Å². The Kier molecular flexibility index (Phi) is 4.52. The van der Waals surface area contributed by atoms with Gasteiger partial charge in [0.1, 0.15) is 22.9 Å². The van der Waals surface area contributed by atoms with Crippen molar-refractivity contribution in [3.05, 3.63) is 52.8 Å². The highest BCUT2D eigenvalue weighted by atomic mass is 35.5. The molecule has 0 aliphatic heterocycles. The summed E-state index contributed by atoms with van der Waals surface area (Å²) in [5.74, 6) is -1.18. The molecule has 0 heterocycles. The maximum Gasteiger partial charge on any atom is 0.340 e. The summed E-state index contributed by atoms with van der Waals surface area (Å²) in [6.45, 7) is 0. The number of halogens is 2. The van der Waals surface area contributed by atoms with Gasteiger partial charge in [-0.25, -0.2) is 9.18 Å². The van der Waals surface area contributed by atoms with Crippen LogP contribution in [0.4, 0.5) is 4.39 Å². The maximum atomic E-state index is 13.1. The monoisotopic (exact) mass is 312 g/mol. The average molecular weight is 313 g/mol. The summed E-state index contributed by atoms with van der Waals surface area (Å²) in [6.07, 6.45) is 1.78. The van der Waals surface area contributed by atoms with Gasteiger partial charge < -0.3 is 9.84 Å². The Hall–Kier alpha value is -1.72. The molecule has 3 nitrogen and oxygen atoms in total. The molecule has 2 rings (SSSR count). The van der Waals surface area contributed by atoms with Crippen molar-refractivity contribution in [2.45, 2.75) is 4.90 Å². The molecule has 104 valence electrons. The Morgan fingerprint density at radius 3 is 2.70 bits per heavy atom. The first kappa shape index (κ1) is 14.7. The summed E-state index contributed by atoms with van der Waals surface area (Å²) in [7, 11) is 0. The van der Waals surface area contributed by atoms with Crippen molar-refractivity contribution in [2.75, 3.05) is 6.26 Å². The van der Waals surface area contributed by atoms with E-state index in [4.69, 9.17) is 16.3 Å². The molecular formula is C14H10ClFO3S. The first-order chi connectivity index (χ1) is 9.52. The molecule has 2 aromatic rings. The number of ether oxygens (including phenoxy) is 1. The zero-order chi connectivity index (χ0) is 14.7. The Balaban J connectivity index is 2.42. The van der Waals surface area contributed by atoms with Crippen LogP contribution in [0.3, 0.4) is 0 Å². The second kappa shape index (κ2) is 6.15. The molecule has 0 bridgehead atoms. The van der Waals surface area contributed by atoms with Gasteiger partial charge in [-0.2, -0.15) is 0 Å². The van der Waals surface area contributed by atoms with Gasteiger partial charge in [0.25, 0.3) is 0 Å². The van der Waals surface area contributed by atoms with Crippen LogP contribution in [0.25, 0.3) is 0 Å². The minimum Gasteiger partial charge on any atom is -0.478 e. The molecule has 0 aliphatic rings. The number of carboxylic acids is 1. The Labute approximate surface area is 124 Å². The minimum atomic E-state index is -1.09. The summed E-state index contributed by atoms with van der Waals surface area (Å²) in [6, 6.07) is 8.78. The Bertz CT molecular complexity index is 661. The minimum absolute atomic E-state index is 0.0699. The normalized spacial score (nSPS) is 10.3. The van der Waals surface area contributed by atoms with E-state index in [1.807, 2.05) is 0 Å². The van der Waals surface area contributed by atoms with Crippen LogP contribution >= 0.6 is 23.4 Å². The first-order valence-electron chi connectivity index (χ1n) is 5.56. The lowest BCUT2D eigenvalue weighted by atomic mass is 10.2. The number of hydrogen-bond acceptors (Lipinski definition) is 3. The smallest absolute Gasteiger partial charge is 0.340 e. The van der Waals surface area contributed by atoms with Gasteiger partial charge in [-0.05, 0) is 30.5 Å². The zero-order valence-corrected chi connectivity index (χ0v) is 12.0. The molecule has 0 aromatic heterocycles. The molecule has 20 heavy (non-hydrogen) atoms. The zero-order valence-electron chi connectivity index (χ0n) is 10.4. The molecule has 0 atom stereocenters. The number of rotatable bonds is 4. The second-order valence-corrected chi connectivity index (χ2v) is 5.07. The van der Waals surface area contributed by atoms with E-state index in [9.17, 15) is 14.3 Å². The van der Waals surface area contributed by atoms with Gasteiger partial charge in [-0.3, -0.25) is 0 Å². The predicted molar refractivity (Wildman–Crippen MR) is 76.7 cm³/mol. The molecule has 0 unspecified atom stereocenters. The van der Waals surface area contributed by atoms with Crippen molar-refractivity contribution < 1.29 is 19.0 Å². The van der Waals surface area contributed by atoms with E-state index in [0.29, 0.717) is 4.90 Å². The predicted octanol–water partition coefficient (Wildman–Crippen LogP) is 4.69. The fourth-order valence-electron chi connectivity index (χ4n) is 1.64. The van der Waals surface area contributed by atoms with E-state index >= 15 is 0 Å². The molecule has 0 saturated heterocycles. The largest absolute Gasteiger partial charge is 0.478 e. The molecule has 0 spiro atoms. The summed E-state index contributed by atoms with van der Waals surface area (Å²) >= 11 is 6.97. The van der Waals surface area contributed by atoms with E-state index < -0.39 is 11.8 Å². The maximum absolute atomic E-state index is 13.1. The summed E-state index contributed by atoms with van der Waals surface area (Å²) < 4.78 is 18.6. The summed E-state index contributed by atoms with van der Waals surface area (Å²) in [5, 5.41) is 9.19. The molecule has 0 aliphatic carbocycles. The van der Waals surface area contributed by atoms with Gasteiger partial charge in [0.2, 0.25) is 0 Å². The van der Waals surface area contributed by atoms with Gasteiger partial charge in [0.05, 0.1) is 5.02 Å². The number of benzene rings is 2. The van der Waals surface area contributed by atoms with E-state index in [1.165, 1.54) is 23.9 Å². The van der Waals surface area contributed by atoms with Crippen molar-refractivity contribution in [1.29, 1.82) is 0 Å². The summed E-state index contributed by atoms with van der Waals surface area (Å²) in [4.78, 5) is 11.9. The first-order valence-corrected chi connectivity index (χ1v) is 7.16. The fourth-order valence-corrected chi connectivity index (χ4v) is 2.42. The van der Waals surface area contributed by atoms with Crippen LogP contribution in [0.5, 0.6) is 11.5 Å². The van der Waals surface area contributed by atoms with Gasteiger partial charge >= 0.3 is 5.97 Å². The number of carboxylic acid groups (broad SMARTS) is 1. The van der Waals surface area contributed by atoms with Gasteiger partial charge in [0.15, 0.2) is 0 Å². The highest BCUT2D eigenvalue weighted by Crippen LogP contribution is 2.33. The van der Waals surface area contributed by atoms with Crippen molar-refractivity contribution in [3.8, 4) is 11.5 Å². The third-order valence-electron chi connectivity index (χ3n) is 2.54. The highest BCUT2D eigenvalue weighted by molar-refractivity contribution is 7.98. The second-order valence-electron chi connectivity index (χ2n) is 3.82. The van der Waals surface area contributed by atoms with Crippen LogP contribution in [0, 0.1) is 5.82 Å². The number of aromatic carboxylic acids is 1. The van der Waals surface area contributed by atoms with E-state index in [2.05, 4.69) is 0 Å². The fraction of sp³-hybridized carbons (Fsp3) is 0.0714. The third kappa shape index (κ3) is 3.05. The van der Waals surface area contributed by atoms with Crippen LogP contribution in [-0.4, -0.2) is 17.3 Å². The summed E-state index contributed by atoms with van der Waals surface area (Å²) in [5.41, 5.74) is 0.0699. The number of thioether (sulfide) groups is 1. The Morgan fingerprint density at radius 1 is 1.35 bits per heavy atom. The van der Waals surface area contributed by atoms with Crippen LogP contribution in [0.2, 0.25) is 5.02 Å². The lowest BCUT2D eigenvalue weighted by Crippen LogP contribution is -2.02. The molecule has 6 heteroatoms. The molecule has 2 aromatic carbocycles. The lowest BCUT2D eigenvalue weighted by Gasteiger charge is -2.11. The van der Waals surface area contributed by atoms with Crippen LogP contribution in [0.1, 0.15) is 10.4 Å². The quantitative estimate of drug-likeness (QED) is 0.832. The standard InChI is InChI=1S/C14H10ClFO3S/c1-20-12-4-2-3-11(13(12)14(17)18)19-8-5-6-10(16)9(15)7-8/h2-7H,1H3,(H,17,18). The van der Waals surface area contributed by atoms with E-state index in [0.717, 1.165) is 6.07 Å². The van der Waals surface area contributed by atoms with Gasteiger partial charge in [-0.15, -0.1) is 11.8 Å². The van der Waals surface area contributed by atoms with E-state index in [-0.39, 0.29) is 22.1 Å². The molecule has 0 radical (unpaired) electrons. The number of hydrogen-bond donors (Lipinski definition) is 1. The third-order valence-corrected chi connectivity index (χ3v) is 3.61. The molecule has 1 N–H and O–H groups in total. The SMILES string of the molecule is CSc1cccc(Oc2ccc(F)c(Cl)c2)c1C(=O)O. The number of carbonyl (C=O) groups is 1. The Morgan fingerprint density at radius 2 is 2.10 bits per heavy atom. The molecule has 0 fully saturated rings.